The lowest BCUT2D eigenvalue weighted by molar-refractivity contribution is -0.144. The Labute approximate surface area is 384 Å². The van der Waals surface area contributed by atoms with E-state index < -0.39 is 5.60 Å². The zero-order chi connectivity index (χ0) is 45.5. The zero-order valence-electron chi connectivity index (χ0n) is 41.9. The molecule has 0 rings (SSSR count). The third-order valence-electron chi connectivity index (χ3n) is 12.6. The molecule has 8 heteroatoms. The highest BCUT2D eigenvalue weighted by atomic mass is 16.5. The number of hydrogen-bond donors (Lipinski definition) is 1. The lowest BCUT2D eigenvalue weighted by Crippen LogP contribution is -2.29. The number of ether oxygens (including phenoxy) is 3. The Balaban J connectivity index is 4.15. The van der Waals surface area contributed by atoms with E-state index in [4.69, 9.17) is 14.2 Å². The molecule has 0 aromatic carbocycles. The molecule has 368 valence electrons. The van der Waals surface area contributed by atoms with Gasteiger partial charge in [0.15, 0.2) is 0 Å². The first-order chi connectivity index (χ1) is 30.2. The van der Waals surface area contributed by atoms with Gasteiger partial charge in [0.1, 0.15) is 0 Å². The number of carbonyl (C=O) groups is 3. The van der Waals surface area contributed by atoms with Gasteiger partial charge in [0, 0.05) is 19.4 Å². The quantitative estimate of drug-likeness (QED) is 0.0366. The van der Waals surface area contributed by atoms with Crippen LogP contribution in [0.1, 0.15) is 284 Å². The van der Waals surface area contributed by atoms with Crippen LogP contribution in [-0.4, -0.2) is 74.0 Å². The Morgan fingerprint density at radius 1 is 0.355 bits per heavy atom. The first kappa shape index (κ1) is 60.3. The van der Waals surface area contributed by atoms with Crippen LogP contribution in [0.25, 0.3) is 0 Å². The highest BCUT2D eigenvalue weighted by Gasteiger charge is 2.25. The molecule has 0 bridgehead atoms. The van der Waals surface area contributed by atoms with Crippen LogP contribution < -0.4 is 0 Å². The fourth-order valence-electron chi connectivity index (χ4n) is 8.41. The molecule has 62 heavy (non-hydrogen) atoms. The van der Waals surface area contributed by atoms with E-state index in [-0.39, 0.29) is 17.9 Å². The third-order valence-corrected chi connectivity index (χ3v) is 12.6. The van der Waals surface area contributed by atoms with Crippen molar-refractivity contribution >= 4 is 17.9 Å². The van der Waals surface area contributed by atoms with Crippen molar-refractivity contribution in [2.75, 3.05) is 40.5 Å². The third kappa shape index (κ3) is 46.3. The summed E-state index contributed by atoms with van der Waals surface area (Å²) in [6, 6.07) is 0. The molecule has 0 aromatic heterocycles. The maximum absolute atomic E-state index is 12.2. The van der Waals surface area contributed by atoms with Crippen molar-refractivity contribution < 1.29 is 33.7 Å². The molecule has 0 fully saturated rings. The lowest BCUT2D eigenvalue weighted by Gasteiger charge is -2.28. The molecule has 0 aliphatic heterocycles. The average molecular weight is 880 g/mol. The molecule has 0 heterocycles. The number of aliphatic hydroxyl groups is 1. The van der Waals surface area contributed by atoms with Crippen molar-refractivity contribution in [3.63, 3.8) is 0 Å². The maximum atomic E-state index is 12.2. The first-order valence-electron chi connectivity index (χ1n) is 27.1. The number of esters is 3. The van der Waals surface area contributed by atoms with E-state index >= 15 is 0 Å². The molecule has 0 atom stereocenters. The van der Waals surface area contributed by atoms with Crippen LogP contribution in [0, 0.1) is 0 Å². The van der Waals surface area contributed by atoms with E-state index in [1.54, 1.807) is 0 Å². The number of carbonyl (C=O) groups excluding carboxylic acids is 3. The zero-order valence-corrected chi connectivity index (χ0v) is 41.9. The Hall–Kier alpha value is -1.67. The van der Waals surface area contributed by atoms with Gasteiger partial charge >= 0.3 is 17.9 Å². The van der Waals surface area contributed by atoms with Gasteiger partial charge in [-0.25, -0.2) is 0 Å². The molecule has 0 spiro atoms. The van der Waals surface area contributed by atoms with Crippen LogP contribution in [0.15, 0.2) is 0 Å². The van der Waals surface area contributed by atoms with Gasteiger partial charge in [0.05, 0.1) is 31.8 Å². The predicted molar refractivity (Wildman–Crippen MR) is 262 cm³/mol. The summed E-state index contributed by atoms with van der Waals surface area (Å²) in [5, 5.41) is 11.7. The molecular formula is C54H105NO7. The Morgan fingerprint density at radius 2 is 0.597 bits per heavy atom. The van der Waals surface area contributed by atoms with E-state index in [0.717, 1.165) is 103 Å². The molecule has 0 unspecified atom stereocenters. The summed E-state index contributed by atoms with van der Waals surface area (Å²) in [5.74, 6) is -0.285. The van der Waals surface area contributed by atoms with Crippen molar-refractivity contribution in [1.29, 1.82) is 0 Å². The molecule has 0 aromatic rings. The topological polar surface area (TPSA) is 102 Å². The molecule has 0 saturated carbocycles. The van der Waals surface area contributed by atoms with Crippen molar-refractivity contribution in [1.82, 2.24) is 4.90 Å². The van der Waals surface area contributed by atoms with Gasteiger partial charge in [0.2, 0.25) is 0 Å². The molecule has 0 saturated heterocycles. The first-order valence-corrected chi connectivity index (χ1v) is 27.1. The second kappa shape index (κ2) is 47.3. The summed E-state index contributed by atoms with van der Waals surface area (Å²) in [4.78, 5) is 38.5. The summed E-state index contributed by atoms with van der Waals surface area (Å²) in [5.41, 5.74) is -0.727. The van der Waals surface area contributed by atoms with Crippen LogP contribution in [0.4, 0.5) is 0 Å². The van der Waals surface area contributed by atoms with Gasteiger partial charge in [-0.3, -0.25) is 14.4 Å². The summed E-state index contributed by atoms with van der Waals surface area (Å²) < 4.78 is 16.5. The van der Waals surface area contributed by atoms with Crippen molar-refractivity contribution in [3.05, 3.63) is 0 Å². The Morgan fingerprint density at radius 3 is 0.919 bits per heavy atom. The Bertz CT molecular complexity index is 916. The number of rotatable bonds is 50. The van der Waals surface area contributed by atoms with Gasteiger partial charge < -0.3 is 24.2 Å². The minimum atomic E-state index is -0.727. The van der Waals surface area contributed by atoms with E-state index in [1.807, 2.05) is 19.0 Å². The summed E-state index contributed by atoms with van der Waals surface area (Å²) in [6.07, 6.45) is 46.7. The highest BCUT2D eigenvalue weighted by molar-refractivity contribution is 5.70. The van der Waals surface area contributed by atoms with Gasteiger partial charge in [-0.05, 0) is 71.9 Å². The fourth-order valence-corrected chi connectivity index (χ4v) is 8.41. The van der Waals surface area contributed by atoms with Crippen LogP contribution >= 0.6 is 0 Å². The van der Waals surface area contributed by atoms with E-state index in [1.165, 1.54) is 141 Å². The van der Waals surface area contributed by atoms with E-state index in [2.05, 4.69) is 13.8 Å². The van der Waals surface area contributed by atoms with Crippen molar-refractivity contribution in [3.8, 4) is 0 Å². The standard InChI is InChI=1S/C54H105NO7/c1-5-7-9-11-13-15-17-19-21-23-25-27-33-41-51(56)60-48-38-31-29-35-44-54(59,46-37-40-50-62-53(58)43-47-55(3)4)45-36-30-32-39-49-61-52(57)42-34-28-26-24-22-20-18-16-14-12-10-8-6-2/h59H,5-50H2,1-4H3. The van der Waals surface area contributed by atoms with Crippen LogP contribution in [-0.2, 0) is 28.6 Å². The molecular weight excluding hydrogens is 775 g/mol. The Kier molecular flexibility index (Phi) is 46.0. The summed E-state index contributed by atoms with van der Waals surface area (Å²) in [6.45, 7) is 6.61. The number of unbranched alkanes of at least 4 members (excludes halogenated alkanes) is 31. The number of hydrogen-bond acceptors (Lipinski definition) is 8. The molecule has 0 amide bonds. The van der Waals surface area contributed by atoms with Crippen LogP contribution in [0.5, 0.6) is 0 Å². The second-order valence-corrected chi connectivity index (χ2v) is 19.2. The van der Waals surface area contributed by atoms with Crippen molar-refractivity contribution in [2.24, 2.45) is 0 Å². The van der Waals surface area contributed by atoms with E-state index in [9.17, 15) is 19.5 Å². The second-order valence-electron chi connectivity index (χ2n) is 19.2. The van der Waals surface area contributed by atoms with Gasteiger partial charge in [-0.15, -0.1) is 0 Å². The number of nitrogens with zero attached hydrogens (tertiary/aromatic N) is 1. The monoisotopic (exact) mass is 880 g/mol. The van der Waals surface area contributed by atoms with Crippen LogP contribution in [0.3, 0.4) is 0 Å². The summed E-state index contributed by atoms with van der Waals surface area (Å²) >= 11 is 0. The minimum absolute atomic E-state index is 0.0611. The van der Waals surface area contributed by atoms with E-state index in [0.29, 0.717) is 52.0 Å². The van der Waals surface area contributed by atoms with Gasteiger partial charge in [-0.2, -0.15) is 0 Å². The normalized spacial score (nSPS) is 11.7. The van der Waals surface area contributed by atoms with Gasteiger partial charge in [-0.1, -0.05) is 206 Å². The summed E-state index contributed by atoms with van der Waals surface area (Å²) in [7, 11) is 3.89. The van der Waals surface area contributed by atoms with Gasteiger partial charge in [0.25, 0.3) is 0 Å². The van der Waals surface area contributed by atoms with Crippen molar-refractivity contribution in [2.45, 2.75) is 289 Å². The maximum Gasteiger partial charge on any atom is 0.307 e. The lowest BCUT2D eigenvalue weighted by atomic mass is 9.85. The largest absolute Gasteiger partial charge is 0.466 e. The fraction of sp³-hybridized carbons (Fsp3) is 0.944. The molecule has 8 nitrogen and oxygen atoms in total. The SMILES string of the molecule is CCCCCCCCCCCCCCCC(=O)OCCCCCCC(O)(CCCCCCOC(=O)CCCCCCCCCCCCCCC)CCCCOC(=O)CCN(C)C. The average Bonchev–Trinajstić information content (AvgIpc) is 3.25. The molecule has 1 N–H and O–H groups in total. The predicted octanol–water partition coefficient (Wildman–Crippen LogP) is 15.3. The smallest absolute Gasteiger partial charge is 0.307 e. The van der Waals surface area contributed by atoms with Crippen LogP contribution in [0.2, 0.25) is 0 Å². The molecule has 0 radical (unpaired) electrons. The molecule has 0 aliphatic carbocycles. The molecule has 0 aliphatic rings. The highest BCUT2D eigenvalue weighted by Crippen LogP contribution is 2.28. The minimum Gasteiger partial charge on any atom is -0.466 e.